The molecule has 12 heavy (non-hydrogen) atoms. The average molecular weight is 251 g/mol. The topological polar surface area (TPSA) is 78.4 Å². The van der Waals surface area contributed by atoms with Crippen molar-refractivity contribution in [3.63, 3.8) is 0 Å². The van der Waals surface area contributed by atoms with Gasteiger partial charge in [-0.05, 0) is 23.2 Å². The third-order valence-electron chi connectivity index (χ3n) is 0.521. The SMILES string of the molecule is [O-][Cl+3]([O-])([O-])OC(F)(Cl)C(F)(F)Cl. The van der Waals surface area contributed by atoms with E-state index in [1.807, 2.05) is 0 Å². The standard InChI is InChI=1S/C2Cl3F3O4/c3-1(6,7)2(4,8)12-5(9,10)11. The molecule has 0 aliphatic carbocycles. The zero-order chi connectivity index (χ0) is 10.2. The summed E-state index contributed by atoms with van der Waals surface area (Å²) < 4.78 is 67.0. The second-order valence-corrected chi connectivity index (χ2v) is 3.34. The van der Waals surface area contributed by atoms with E-state index in [9.17, 15) is 27.1 Å². The number of hydrogen-bond acceptors (Lipinski definition) is 4. The van der Waals surface area contributed by atoms with Gasteiger partial charge in [0.1, 0.15) is 4.29 Å². The molecule has 0 amide bonds. The van der Waals surface area contributed by atoms with Crippen molar-refractivity contribution in [2.75, 3.05) is 0 Å². The molecule has 0 heterocycles. The monoisotopic (exact) mass is 250 g/mol. The highest BCUT2D eigenvalue weighted by Gasteiger charge is 2.65. The Hall–Kier alpha value is 0.500. The Bertz CT molecular complexity index is 162. The van der Waals surface area contributed by atoms with Crippen LogP contribution in [0.15, 0.2) is 0 Å². The molecule has 0 radical (unpaired) electrons. The highest BCUT2D eigenvalue weighted by molar-refractivity contribution is 6.31. The quantitative estimate of drug-likeness (QED) is 0.578. The molecule has 0 aromatic rings. The van der Waals surface area contributed by atoms with Crippen molar-refractivity contribution in [2.24, 2.45) is 0 Å². The fraction of sp³-hybridized carbons (Fsp3) is 1.00. The van der Waals surface area contributed by atoms with Gasteiger partial charge in [0.2, 0.25) is 0 Å². The van der Waals surface area contributed by atoms with Gasteiger partial charge in [0.05, 0.1) is 10.2 Å². The van der Waals surface area contributed by atoms with E-state index in [0.29, 0.717) is 0 Å². The highest BCUT2D eigenvalue weighted by Crippen LogP contribution is 2.41. The van der Waals surface area contributed by atoms with Crippen LogP contribution in [0.3, 0.4) is 0 Å². The first-order valence-corrected chi connectivity index (χ1v) is 4.01. The van der Waals surface area contributed by atoms with Gasteiger partial charge >= 0.3 is 10.7 Å². The smallest absolute Gasteiger partial charge is 0.183 e. The summed E-state index contributed by atoms with van der Waals surface area (Å²) in [5.74, 6) is 0. The van der Waals surface area contributed by atoms with Gasteiger partial charge in [-0.25, -0.2) is 0 Å². The fourth-order valence-electron chi connectivity index (χ4n) is 0.162. The largest absolute Gasteiger partial charge is 0.512 e. The van der Waals surface area contributed by atoms with Crippen LogP contribution < -0.4 is 14.0 Å². The zero-order valence-electron chi connectivity index (χ0n) is 4.90. The Morgan fingerprint density at radius 1 is 1.08 bits per heavy atom. The first-order valence-electron chi connectivity index (χ1n) is 2.02. The first kappa shape index (κ1) is 12.5. The van der Waals surface area contributed by atoms with Gasteiger partial charge in [-0.3, -0.25) is 0 Å². The molecule has 4 nitrogen and oxygen atoms in total. The lowest BCUT2D eigenvalue weighted by Gasteiger charge is -2.20. The molecule has 1 unspecified atom stereocenters. The summed E-state index contributed by atoms with van der Waals surface area (Å²) in [4.78, 5) is 0. The van der Waals surface area contributed by atoms with Crippen LogP contribution in [0.4, 0.5) is 13.2 Å². The molecule has 0 aliphatic heterocycles. The second kappa shape index (κ2) is 3.33. The van der Waals surface area contributed by atoms with E-state index in [1.165, 1.54) is 0 Å². The first-order chi connectivity index (χ1) is 4.96. The molecule has 0 N–H and O–H groups in total. The van der Waals surface area contributed by atoms with Gasteiger partial charge in [-0.15, -0.1) is 0 Å². The lowest BCUT2D eigenvalue weighted by atomic mass is 10.7. The molecule has 1 atom stereocenters. The van der Waals surface area contributed by atoms with Crippen molar-refractivity contribution in [2.45, 2.75) is 10.7 Å². The summed E-state index contributed by atoms with van der Waals surface area (Å²) in [5, 5.41) is -9.42. The maximum absolute atomic E-state index is 12.2. The lowest BCUT2D eigenvalue weighted by Crippen LogP contribution is -2.64. The predicted octanol–water partition coefficient (Wildman–Crippen LogP) is -1.41. The van der Waals surface area contributed by atoms with Crippen molar-refractivity contribution in [3.8, 4) is 0 Å². The third-order valence-corrected chi connectivity index (χ3v) is 1.66. The normalized spacial score (nSPS) is 19.0. The van der Waals surface area contributed by atoms with Crippen LogP contribution in [0.2, 0.25) is 0 Å². The Labute approximate surface area is 76.2 Å². The van der Waals surface area contributed by atoms with E-state index in [2.05, 4.69) is 27.5 Å². The molecule has 0 spiro atoms. The summed E-state index contributed by atoms with van der Waals surface area (Å²) in [7, 11) is -5.42. The van der Waals surface area contributed by atoms with Crippen molar-refractivity contribution in [1.29, 1.82) is 0 Å². The number of rotatable bonds is 3. The second-order valence-electron chi connectivity index (χ2n) is 1.47. The van der Waals surface area contributed by atoms with Crippen LogP contribution in [-0.4, -0.2) is 10.7 Å². The van der Waals surface area contributed by atoms with Gasteiger partial charge in [-0.1, -0.05) is 0 Å². The minimum atomic E-state index is -5.42. The lowest BCUT2D eigenvalue weighted by molar-refractivity contribution is -1.92. The molecule has 0 bridgehead atoms. The van der Waals surface area contributed by atoms with Crippen molar-refractivity contribution < 1.29 is 41.7 Å². The Kier molecular flexibility index (Phi) is 3.47. The van der Waals surface area contributed by atoms with E-state index >= 15 is 0 Å². The molecule has 0 fully saturated rings. The number of alkyl halides is 5. The maximum Gasteiger partial charge on any atom is 0.512 e. The molecule has 0 aromatic heterocycles. The van der Waals surface area contributed by atoms with E-state index in [-0.39, 0.29) is 0 Å². The number of hydrogen-bond donors (Lipinski definition) is 0. The van der Waals surface area contributed by atoms with E-state index in [1.54, 1.807) is 0 Å². The summed E-state index contributed by atoms with van der Waals surface area (Å²) in [6.45, 7) is 0. The summed E-state index contributed by atoms with van der Waals surface area (Å²) in [6.07, 6.45) is 0. The van der Waals surface area contributed by atoms with Crippen LogP contribution in [0.1, 0.15) is 0 Å². The van der Waals surface area contributed by atoms with Gasteiger partial charge in [-0.2, -0.15) is 27.1 Å². The molecule has 0 aromatic carbocycles. The molecule has 10 heteroatoms. The van der Waals surface area contributed by atoms with E-state index in [4.69, 9.17) is 0 Å². The van der Waals surface area contributed by atoms with Crippen LogP contribution in [0.25, 0.3) is 0 Å². The van der Waals surface area contributed by atoms with Gasteiger partial charge in [0.15, 0.2) is 0 Å². The summed E-state index contributed by atoms with van der Waals surface area (Å²) in [6, 6.07) is 0. The molecule has 74 valence electrons. The highest BCUT2D eigenvalue weighted by atomic mass is 35.7. The molecule has 0 saturated carbocycles. The van der Waals surface area contributed by atoms with Crippen molar-refractivity contribution in [1.82, 2.24) is 0 Å². The molecule has 0 rings (SSSR count). The van der Waals surface area contributed by atoms with Crippen LogP contribution >= 0.6 is 23.2 Å². The number of halogens is 6. The summed E-state index contributed by atoms with van der Waals surface area (Å²) >= 11 is 8.10. The van der Waals surface area contributed by atoms with Crippen molar-refractivity contribution in [3.05, 3.63) is 0 Å². The maximum atomic E-state index is 12.2. The average Bonchev–Trinajstić information content (AvgIpc) is 1.52. The van der Waals surface area contributed by atoms with Gasteiger partial charge in [0, 0.05) is 0 Å². The molecule has 0 aliphatic rings. The molecular formula is C2Cl3F3O4. The Morgan fingerprint density at radius 2 is 1.42 bits per heavy atom. The van der Waals surface area contributed by atoms with E-state index < -0.39 is 20.9 Å². The summed E-state index contributed by atoms with van der Waals surface area (Å²) in [5.41, 5.74) is 0. The fourth-order valence-corrected chi connectivity index (χ4v) is 0.789. The molecular weight excluding hydrogens is 251 g/mol. The Balaban J connectivity index is 4.44. The van der Waals surface area contributed by atoms with Gasteiger partial charge in [0.25, 0.3) is 0 Å². The predicted molar refractivity (Wildman–Crippen MR) is 21.6 cm³/mol. The van der Waals surface area contributed by atoms with Crippen molar-refractivity contribution >= 4 is 23.2 Å². The van der Waals surface area contributed by atoms with E-state index in [0.717, 1.165) is 0 Å². The molecule has 0 saturated heterocycles. The minimum Gasteiger partial charge on any atom is -0.183 e. The minimum absolute atomic E-state index is 2.60. The third kappa shape index (κ3) is 3.94. The van der Waals surface area contributed by atoms with Gasteiger partial charge < -0.3 is 0 Å². The zero-order valence-corrected chi connectivity index (χ0v) is 7.17. The van der Waals surface area contributed by atoms with Crippen LogP contribution in [0.5, 0.6) is 0 Å². The Morgan fingerprint density at radius 3 is 1.50 bits per heavy atom. The van der Waals surface area contributed by atoms with Crippen LogP contribution in [0, 0.1) is 10.2 Å². The van der Waals surface area contributed by atoms with Crippen LogP contribution in [-0.2, 0) is 4.29 Å².